The Bertz CT molecular complexity index is 1050. The number of rotatable bonds is 9. The molecule has 0 saturated carbocycles. The summed E-state index contributed by atoms with van der Waals surface area (Å²) >= 11 is 0. The highest BCUT2D eigenvalue weighted by atomic mass is 16.2. The Kier molecular flexibility index (Phi) is 7.65. The van der Waals surface area contributed by atoms with Crippen molar-refractivity contribution in [1.29, 1.82) is 0 Å². The Morgan fingerprint density at radius 3 is 2.32 bits per heavy atom. The van der Waals surface area contributed by atoms with Gasteiger partial charge in [0.05, 0.1) is 12.2 Å². The van der Waals surface area contributed by atoms with Crippen LogP contribution in [0.4, 0.5) is 11.4 Å². The lowest BCUT2D eigenvalue weighted by atomic mass is 10.2. The Labute approximate surface area is 181 Å². The first-order chi connectivity index (χ1) is 15.1. The van der Waals surface area contributed by atoms with Gasteiger partial charge in [0.1, 0.15) is 5.82 Å². The van der Waals surface area contributed by atoms with Crippen molar-refractivity contribution in [1.82, 2.24) is 10.3 Å². The van der Waals surface area contributed by atoms with E-state index in [2.05, 4.69) is 33.1 Å². The van der Waals surface area contributed by atoms with Crippen molar-refractivity contribution in [2.24, 2.45) is 11.5 Å². The fourth-order valence-corrected chi connectivity index (χ4v) is 2.76. The van der Waals surface area contributed by atoms with E-state index in [-0.39, 0.29) is 18.3 Å². The highest BCUT2D eigenvalue weighted by Crippen LogP contribution is 2.15. The number of nitrogens with two attached hydrogens (primary N) is 2. The maximum Gasteiger partial charge on any atom is 0.244 e. The first kappa shape index (κ1) is 21.4. The van der Waals surface area contributed by atoms with E-state index < -0.39 is 0 Å². The van der Waals surface area contributed by atoms with E-state index in [1.54, 1.807) is 24.5 Å². The molecule has 2 aromatic carbocycles. The summed E-state index contributed by atoms with van der Waals surface area (Å²) < 4.78 is 0. The number of aromatic nitrogens is 1. The van der Waals surface area contributed by atoms with Crippen molar-refractivity contribution in [3.63, 3.8) is 0 Å². The third kappa shape index (κ3) is 7.25. The molecular weight excluding hydrogens is 388 g/mol. The Morgan fingerprint density at radius 2 is 1.58 bits per heavy atom. The van der Waals surface area contributed by atoms with Crippen LogP contribution in [0, 0.1) is 0 Å². The molecule has 1 aromatic heterocycles. The summed E-state index contributed by atoms with van der Waals surface area (Å²) in [7, 11) is 0. The number of carbonyl (C=O) groups excluding carboxylic acids is 1. The molecule has 0 aliphatic heterocycles. The van der Waals surface area contributed by atoms with Crippen LogP contribution in [0.2, 0.25) is 0 Å². The van der Waals surface area contributed by atoms with Gasteiger partial charge in [-0.1, -0.05) is 48.5 Å². The van der Waals surface area contributed by atoms with Crippen molar-refractivity contribution in [3.8, 4) is 0 Å². The fourth-order valence-electron chi connectivity index (χ4n) is 2.76. The topological polar surface area (TPSA) is 118 Å². The van der Waals surface area contributed by atoms with Crippen LogP contribution in [0.5, 0.6) is 0 Å². The molecule has 3 aromatic rings. The maximum absolute atomic E-state index is 12.0. The second-order valence-electron chi connectivity index (χ2n) is 6.81. The van der Waals surface area contributed by atoms with Gasteiger partial charge in [-0.25, -0.2) is 0 Å². The quantitative estimate of drug-likeness (QED) is 0.344. The largest absolute Gasteiger partial charge is 0.398 e. The Hall–Kier alpha value is -4.26. The van der Waals surface area contributed by atoms with E-state index in [0.717, 1.165) is 16.9 Å². The van der Waals surface area contributed by atoms with Crippen LogP contribution in [0.3, 0.4) is 0 Å². The average Bonchev–Trinajstić information content (AvgIpc) is 2.81. The van der Waals surface area contributed by atoms with Gasteiger partial charge in [-0.3, -0.25) is 9.78 Å². The lowest BCUT2D eigenvalue weighted by Crippen LogP contribution is -2.32. The number of nitrogens with one attached hydrogen (secondary N) is 3. The summed E-state index contributed by atoms with van der Waals surface area (Å²) in [4.78, 5) is 16.2. The highest BCUT2D eigenvalue weighted by Gasteiger charge is 2.03. The van der Waals surface area contributed by atoms with Gasteiger partial charge in [0.25, 0.3) is 0 Å². The third-order valence-electron chi connectivity index (χ3n) is 4.36. The minimum absolute atomic E-state index is 0.108. The normalized spacial score (nSPS) is 11.6. The number of anilines is 2. The van der Waals surface area contributed by atoms with Crippen LogP contribution >= 0.6 is 0 Å². The molecule has 0 bridgehead atoms. The number of hydrogen-bond acceptors (Lipinski definition) is 6. The summed E-state index contributed by atoms with van der Waals surface area (Å²) in [5.74, 6) is -0.0486. The van der Waals surface area contributed by atoms with Gasteiger partial charge in [-0.05, 0) is 35.9 Å². The van der Waals surface area contributed by atoms with E-state index in [1.807, 2.05) is 54.6 Å². The number of amides is 1. The SMILES string of the molecule is N/C(=C\C=C(/N)NC(=O)CNc1ccccc1)c1cncc(NCc2ccccc2)c1. The first-order valence-corrected chi connectivity index (χ1v) is 9.85. The van der Waals surface area contributed by atoms with Crippen molar-refractivity contribution in [2.45, 2.75) is 6.54 Å². The molecule has 7 nitrogen and oxygen atoms in total. The van der Waals surface area contributed by atoms with Crippen LogP contribution in [0.1, 0.15) is 11.1 Å². The van der Waals surface area contributed by atoms with Gasteiger partial charge in [-0.2, -0.15) is 0 Å². The molecule has 0 saturated heterocycles. The summed E-state index contributed by atoms with van der Waals surface area (Å²) in [5, 5.41) is 8.96. The molecule has 7 N–H and O–H groups in total. The zero-order chi connectivity index (χ0) is 21.9. The van der Waals surface area contributed by atoms with Crippen molar-refractivity contribution in [2.75, 3.05) is 17.2 Å². The smallest absolute Gasteiger partial charge is 0.244 e. The van der Waals surface area contributed by atoms with Crippen LogP contribution in [-0.4, -0.2) is 17.4 Å². The van der Waals surface area contributed by atoms with E-state index >= 15 is 0 Å². The van der Waals surface area contributed by atoms with Gasteiger partial charge >= 0.3 is 0 Å². The molecule has 31 heavy (non-hydrogen) atoms. The minimum Gasteiger partial charge on any atom is -0.398 e. The van der Waals surface area contributed by atoms with E-state index in [0.29, 0.717) is 12.2 Å². The number of para-hydroxylation sites is 1. The molecule has 158 valence electrons. The average molecular weight is 415 g/mol. The van der Waals surface area contributed by atoms with Crippen LogP contribution < -0.4 is 27.4 Å². The van der Waals surface area contributed by atoms with Crippen LogP contribution in [0.15, 0.2) is 97.1 Å². The molecule has 3 rings (SSSR count). The van der Waals surface area contributed by atoms with E-state index in [4.69, 9.17) is 11.5 Å². The third-order valence-corrected chi connectivity index (χ3v) is 4.36. The van der Waals surface area contributed by atoms with Gasteiger partial charge in [-0.15, -0.1) is 0 Å². The predicted octanol–water partition coefficient (Wildman–Crippen LogP) is 3.02. The molecule has 0 fully saturated rings. The molecule has 1 amide bonds. The Balaban J connectivity index is 1.53. The molecule has 0 aliphatic carbocycles. The summed E-state index contributed by atoms with van der Waals surface area (Å²) in [6, 6.07) is 21.5. The zero-order valence-corrected chi connectivity index (χ0v) is 17.1. The molecule has 0 unspecified atom stereocenters. The number of pyridine rings is 1. The number of benzene rings is 2. The van der Waals surface area contributed by atoms with Gasteiger partial charge in [0, 0.05) is 35.9 Å². The van der Waals surface area contributed by atoms with Gasteiger partial charge in [0.15, 0.2) is 0 Å². The van der Waals surface area contributed by atoms with Crippen LogP contribution in [-0.2, 0) is 11.3 Å². The number of allylic oxidation sites excluding steroid dienone is 2. The molecule has 0 atom stereocenters. The van der Waals surface area contributed by atoms with Crippen molar-refractivity contribution >= 4 is 23.0 Å². The summed E-state index contributed by atoms with van der Waals surface area (Å²) in [6.07, 6.45) is 6.61. The summed E-state index contributed by atoms with van der Waals surface area (Å²) in [6.45, 7) is 0.794. The zero-order valence-electron chi connectivity index (χ0n) is 17.1. The lowest BCUT2D eigenvalue weighted by Gasteiger charge is -2.09. The predicted molar refractivity (Wildman–Crippen MR) is 126 cm³/mol. The minimum atomic E-state index is -0.252. The lowest BCUT2D eigenvalue weighted by molar-refractivity contribution is -0.118. The van der Waals surface area contributed by atoms with Crippen LogP contribution in [0.25, 0.3) is 5.70 Å². The van der Waals surface area contributed by atoms with Gasteiger partial charge in [0.2, 0.25) is 5.91 Å². The maximum atomic E-state index is 12.0. The van der Waals surface area contributed by atoms with Gasteiger partial charge < -0.3 is 27.4 Å². The number of hydrogen-bond donors (Lipinski definition) is 5. The molecular formula is C24H26N6O. The van der Waals surface area contributed by atoms with E-state index in [1.165, 1.54) is 5.56 Å². The van der Waals surface area contributed by atoms with Crippen molar-refractivity contribution in [3.05, 3.63) is 108 Å². The second kappa shape index (κ2) is 11.1. The number of nitrogens with zero attached hydrogens (tertiary/aromatic N) is 1. The first-order valence-electron chi connectivity index (χ1n) is 9.85. The highest BCUT2D eigenvalue weighted by molar-refractivity contribution is 5.82. The molecule has 0 radical (unpaired) electrons. The molecule has 0 aliphatic rings. The Morgan fingerprint density at radius 1 is 0.871 bits per heavy atom. The number of carbonyl (C=O) groups is 1. The molecule has 1 heterocycles. The second-order valence-corrected chi connectivity index (χ2v) is 6.81. The standard InChI is InChI=1S/C24H26N6O/c25-22(11-12-23(26)30-24(31)17-29-20-9-5-2-6-10-20)19-13-21(16-27-15-19)28-14-18-7-3-1-4-8-18/h1-13,15-16,28-29H,14,17,25-26H2,(H,30,31)/b22-11-,23-12+. The summed E-state index contributed by atoms with van der Waals surface area (Å²) in [5.41, 5.74) is 16.2. The molecule has 7 heteroatoms. The fraction of sp³-hybridized carbons (Fsp3) is 0.0833. The molecule has 0 spiro atoms. The van der Waals surface area contributed by atoms with Crippen molar-refractivity contribution < 1.29 is 4.79 Å². The van der Waals surface area contributed by atoms with E-state index in [9.17, 15) is 4.79 Å². The monoisotopic (exact) mass is 414 g/mol.